The zero-order valence-electron chi connectivity index (χ0n) is 22.2. The second-order valence-corrected chi connectivity index (χ2v) is 12.9. The average molecular weight is 540 g/mol. The Morgan fingerprint density at radius 1 is 1.16 bits per heavy atom. The lowest BCUT2D eigenvalue weighted by atomic mass is 9.85. The van der Waals surface area contributed by atoms with Crippen LogP contribution >= 0.6 is 0 Å². The lowest BCUT2D eigenvalue weighted by Crippen LogP contribution is -2.59. The van der Waals surface area contributed by atoms with Crippen LogP contribution < -0.4 is 16.0 Å². The van der Waals surface area contributed by atoms with Gasteiger partial charge in [-0.2, -0.15) is 4.31 Å². The molecule has 2 saturated heterocycles. The van der Waals surface area contributed by atoms with Crippen LogP contribution in [0.3, 0.4) is 0 Å². The van der Waals surface area contributed by atoms with Crippen molar-refractivity contribution >= 4 is 27.7 Å². The third-order valence-corrected chi connectivity index (χ3v) is 8.50. The van der Waals surface area contributed by atoms with Crippen molar-refractivity contribution in [3.05, 3.63) is 35.6 Å². The molecule has 0 bridgehead atoms. The molecule has 2 heterocycles. The zero-order valence-corrected chi connectivity index (χ0v) is 23.1. The second-order valence-electron chi connectivity index (χ2n) is 11.0. The normalized spacial score (nSPS) is 23.9. The molecule has 0 radical (unpaired) electrons. The molecule has 2 aliphatic heterocycles. The number of likely N-dealkylation sites (N-methyl/N-ethyl adjacent to an activating group) is 1. The molecule has 2 fully saturated rings. The highest BCUT2D eigenvalue weighted by molar-refractivity contribution is 7.88. The van der Waals surface area contributed by atoms with E-state index in [0.29, 0.717) is 12.0 Å². The minimum Gasteiger partial charge on any atom is -0.352 e. The molecule has 3 amide bonds. The van der Waals surface area contributed by atoms with Crippen molar-refractivity contribution < 1.29 is 27.2 Å². The van der Waals surface area contributed by atoms with Crippen molar-refractivity contribution in [1.29, 1.82) is 0 Å². The molecule has 0 aromatic heterocycles. The first-order valence-electron chi connectivity index (χ1n) is 12.4. The van der Waals surface area contributed by atoms with E-state index in [2.05, 4.69) is 16.0 Å². The van der Waals surface area contributed by atoms with Crippen LogP contribution in [0, 0.1) is 17.2 Å². The number of fused-ring (bicyclic) bond motifs is 1. The van der Waals surface area contributed by atoms with Gasteiger partial charge in [-0.25, -0.2) is 12.8 Å². The van der Waals surface area contributed by atoms with Gasteiger partial charge < -0.3 is 20.9 Å². The molecule has 12 heteroatoms. The summed E-state index contributed by atoms with van der Waals surface area (Å²) in [7, 11) is -1.98. The Morgan fingerprint density at radius 3 is 2.32 bits per heavy atom. The van der Waals surface area contributed by atoms with Gasteiger partial charge in [-0.3, -0.25) is 14.4 Å². The fraction of sp³-hybridized carbons (Fsp3) is 0.640. The van der Waals surface area contributed by atoms with Crippen LogP contribution in [0.2, 0.25) is 0 Å². The number of halogens is 1. The molecule has 3 rings (SSSR count). The van der Waals surface area contributed by atoms with Crippen LogP contribution in [0.1, 0.15) is 39.7 Å². The van der Waals surface area contributed by atoms with Crippen LogP contribution in [-0.4, -0.2) is 85.9 Å². The van der Waals surface area contributed by atoms with Crippen molar-refractivity contribution in [2.24, 2.45) is 11.3 Å². The number of sulfonamides is 1. The summed E-state index contributed by atoms with van der Waals surface area (Å²) in [5.74, 6) is -2.24. The summed E-state index contributed by atoms with van der Waals surface area (Å²) >= 11 is 0. The topological polar surface area (TPSA) is 128 Å². The molecule has 0 saturated carbocycles. The predicted molar refractivity (Wildman–Crippen MR) is 137 cm³/mol. The molecule has 10 nitrogen and oxygen atoms in total. The first-order valence-corrected chi connectivity index (χ1v) is 14.3. The van der Waals surface area contributed by atoms with Crippen molar-refractivity contribution in [3.63, 3.8) is 0 Å². The monoisotopic (exact) mass is 539 g/mol. The van der Waals surface area contributed by atoms with E-state index in [9.17, 15) is 27.2 Å². The van der Waals surface area contributed by atoms with Crippen LogP contribution in [0.4, 0.5) is 4.39 Å². The summed E-state index contributed by atoms with van der Waals surface area (Å²) in [4.78, 5) is 41.4. The molecule has 2 aliphatic rings. The fourth-order valence-corrected chi connectivity index (χ4v) is 6.20. The predicted octanol–water partition coefficient (Wildman–Crippen LogP) is 0.442. The Balaban J connectivity index is 1.87. The largest absolute Gasteiger partial charge is 0.352 e. The molecule has 5 atom stereocenters. The lowest BCUT2D eigenvalue weighted by Gasteiger charge is -2.37. The van der Waals surface area contributed by atoms with Gasteiger partial charge >= 0.3 is 0 Å². The number of hydrogen-bond donors (Lipinski definition) is 3. The van der Waals surface area contributed by atoms with Gasteiger partial charge in [-0.1, -0.05) is 32.9 Å². The number of nitrogens with zero attached hydrogens (tertiary/aromatic N) is 2. The van der Waals surface area contributed by atoms with Gasteiger partial charge in [0.25, 0.3) is 0 Å². The van der Waals surface area contributed by atoms with E-state index in [4.69, 9.17) is 0 Å². The maximum absolute atomic E-state index is 13.9. The van der Waals surface area contributed by atoms with Gasteiger partial charge in [0.05, 0.1) is 24.3 Å². The van der Waals surface area contributed by atoms with E-state index in [-0.39, 0.29) is 43.2 Å². The summed E-state index contributed by atoms with van der Waals surface area (Å²) in [6.45, 7) is 7.59. The van der Waals surface area contributed by atoms with Crippen LogP contribution in [0.25, 0.3) is 0 Å². The standard InChI is InChI=1S/C25H38FN5O5S/c1-15(27-5)22(32)29-21(25(2,3)4)24(34)30-12-11-19-20(30)18(14-31(19)37(6,35)36)23(33)28-13-16-7-9-17(26)10-8-16/h7-10,15,18-21,27H,11-14H2,1-6H3,(H,28,33)(H,29,32)/t15-,18-,19+,20+,21+/m0/s1. The summed E-state index contributed by atoms with van der Waals surface area (Å²) < 4.78 is 39.7. The third-order valence-electron chi connectivity index (χ3n) is 7.23. The number of carbonyl (C=O) groups is 3. The maximum Gasteiger partial charge on any atom is 0.246 e. The van der Waals surface area contributed by atoms with E-state index in [1.165, 1.54) is 16.4 Å². The molecule has 0 aliphatic carbocycles. The fourth-order valence-electron chi connectivity index (χ4n) is 5.05. The van der Waals surface area contributed by atoms with Gasteiger partial charge in [0.2, 0.25) is 27.7 Å². The Kier molecular flexibility index (Phi) is 8.65. The van der Waals surface area contributed by atoms with Crippen LogP contribution in [0.5, 0.6) is 0 Å². The van der Waals surface area contributed by atoms with E-state index >= 15 is 0 Å². The van der Waals surface area contributed by atoms with E-state index < -0.39 is 45.5 Å². The average Bonchev–Trinajstić information content (AvgIpc) is 3.40. The summed E-state index contributed by atoms with van der Waals surface area (Å²) in [5.41, 5.74) is 0.0612. The zero-order chi connectivity index (χ0) is 27.7. The first-order chi connectivity index (χ1) is 17.1. The van der Waals surface area contributed by atoms with E-state index in [1.54, 1.807) is 31.0 Å². The van der Waals surface area contributed by atoms with Crippen LogP contribution in [-0.2, 0) is 31.0 Å². The van der Waals surface area contributed by atoms with Crippen molar-refractivity contribution in [3.8, 4) is 0 Å². The summed E-state index contributed by atoms with van der Waals surface area (Å²) in [5, 5.41) is 8.52. The van der Waals surface area contributed by atoms with E-state index in [0.717, 1.165) is 6.26 Å². The Morgan fingerprint density at radius 2 is 1.78 bits per heavy atom. The highest BCUT2D eigenvalue weighted by Gasteiger charge is 2.56. The number of nitrogens with one attached hydrogen (secondary N) is 3. The molecule has 3 N–H and O–H groups in total. The van der Waals surface area contributed by atoms with E-state index in [1.807, 2.05) is 20.8 Å². The molecule has 37 heavy (non-hydrogen) atoms. The summed E-state index contributed by atoms with van der Waals surface area (Å²) in [6, 6.07) is 3.13. The smallest absolute Gasteiger partial charge is 0.246 e. The number of amides is 3. The van der Waals surface area contributed by atoms with Gasteiger partial charge in [-0.15, -0.1) is 0 Å². The van der Waals surface area contributed by atoms with Crippen molar-refractivity contribution in [2.75, 3.05) is 26.4 Å². The number of benzene rings is 1. The minimum atomic E-state index is -3.63. The SMILES string of the molecule is CN[C@@H](C)C(=O)N[C@H](C(=O)N1CC[C@@H]2[C@H]1[C@@H](C(=O)NCc1ccc(F)cc1)CN2S(C)(=O)=O)C(C)(C)C. The highest BCUT2D eigenvalue weighted by Crippen LogP contribution is 2.38. The second kappa shape index (κ2) is 11.0. The summed E-state index contributed by atoms with van der Waals surface area (Å²) in [6.07, 6.45) is 1.49. The Labute approximate surface area is 218 Å². The minimum absolute atomic E-state index is 0.0451. The van der Waals surface area contributed by atoms with Gasteiger partial charge in [-0.05, 0) is 43.5 Å². The highest BCUT2D eigenvalue weighted by atomic mass is 32.2. The molecule has 0 spiro atoms. The van der Waals surface area contributed by atoms with Gasteiger partial charge in [0.1, 0.15) is 11.9 Å². The van der Waals surface area contributed by atoms with Gasteiger partial charge in [0.15, 0.2) is 0 Å². The molecular weight excluding hydrogens is 501 g/mol. The first kappa shape index (κ1) is 29.0. The number of carbonyl (C=O) groups excluding carboxylic acids is 3. The number of likely N-dealkylation sites (tertiary alicyclic amines) is 1. The molecule has 1 aromatic rings. The van der Waals surface area contributed by atoms with Gasteiger partial charge in [0, 0.05) is 25.7 Å². The van der Waals surface area contributed by atoms with Crippen molar-refractivity contribution in [2.45, 2.75) is 64.8 Å². The lowest BCUT2D eigenvalue weighted by molar-refractivity contribution is -0.142. The third kappa shape index (κ3) is 6.47. The molecule has 206 valence electrons. The molecule has 0 unspecified atom stereocenters. The Hall–Kier alpha value is -2.57. The molecule has 1 aromatic carbocycles. The van der Waals surface area contributed by atoms with Crippen LogP contribution in [0.15, 0.2) is 24.3 Å². The number of rotatable bonds is 8. The van der Waals surface area contributed by atoms with Crippen molar-refractivity contribution in [1.82, 2.24) is 25.2 Å². The quantitative estimate of drug-likeness (QED) is 0.440. The Bertz CT molecular complexity index is 1120. The molecular formula is C25H38FN5O5S. The maximum atomic E-state index is 13.9. The number of hydrogen-bond acceptors (Lipinski definition) is 6.